The van der Waals surface area contributed by atoms with E-state index in [2.05, 4.69) is 5.32 Å². The van der Waals surface area contributed by atoms with Gasteiger partial charge >= 0.3 is 0 Å². The summed E-state index contributed by atoms with van der Waals surface area (Å²) in [5.41, 5.74) is 1.12. The van der Waals surface area contributed by atoms with Gasteiger partial charge in [-0.1, -0.05) is 73.9 Å². The lowest BCUT2D eigenvalue weighted by atomic mass is 9.94. The fourth-order valence-electron chi connectivity index (χ4n) is 4.44. The highest BCUT2D eigenvalue weighted by molar-refractivity contribution is 7.10. The molecule has 0 unspecified atom stereocenters. The Morgan fingerprint density at radius 2 is 1.70 bits per heavy atom. The van der Waals surface area contributed by atoms with E-state index in [9.17, 15) is 9.59 Å². The Morgan fingerprint density at radius 1 is 0.970 bits per heavy atom. The van der Waals surface area contributed by atoms with Gasteiger partial charge in [0, 0.05) is 23.0 Å². The Kier molecular flexibility index (Phi) is 7.89. The van der Waals surface area contributed by atoms with Gasteiger partial charge in [-0.3, -0.25) is 9.59 Å². The first-order valence-electron chi connectivity index (χ1n) is 11.5. The SMILES string of the molecule is O=C(NC1CCCCC1)[C@H](c1ccccc1F)N(Cc1ccccc1)C(=O)Cc1cccs1. The first kappa shape index (κ1) is 23.2. The van der Waals surface area contributed by atoms with Gasteiger partial charge < -0.3 is 10.2 Å². The van der Waals surface area contributed by atoms with Gasteiger partial charge in [-0.15, -0.1) is 11.3 Å². The monoisotopic (exact) mass is 464 g/mol. The number of carbonyl (C=O) groups is 2. The van der Waals surface area contributed by atoms with Crippen LogP contribution >= 0.6 is 11.3 Å². The summed E-state index contributed by atoms with van der Waals surface area (Å²) in [6, 6.07) is 18.6. The number of rotatable bonds is 8. The van der Waals surface area contributed by atoms with Crippen LogP contribution in [0.1, 0.15) is 54.1 Å². The Bertz CT molecular complexity index is 1050. The average molecular weight is 465 g/mol. The maximum Gasteiger partial charge on any atom is 0.247 e. The van der Waals surface area contributed by atoms with E-state index in [0.29, 0.717) is 0 Å². The van der Waals surface area contributed by atoms with Crippen LogP contribution in [0.25, 0.3) is 0 Å². The molecule has 0 spiro atoms. The molecular weight excluding hydrogens is 435 g/mol. The van der Waals surface area contributed by atoms with E-state index in [4.69, 9.17) is 0 Å². The topological polar surface area (TPSA) is 49.4 Å². The molecule has 0 bridgehead atoms. The first-order chi connectivity index (χ1) is 16.1. The highest BCUT2D eigenvalue weighted by atomic mass is 32.1. The fraction of sp³-hybridized carbons (Fsp3) is 0.333. The van der Waals surface area contributed by atoms with Crippen molar-refractivity contribution in [2.24, 2.45) is 0 Å². The fourth-order valence-corrected chi connectivity index (χ4v) is 5.14. The quantitative estimate of drug-likeness (QED) is 0.468. The second kappa shape index (κ2) is 11.2. The predicted molar refractivity (Wildman–Crippen MR) is 129 cm³/mol. The molecule has 1 aliphatic rings. The van der Waals surface area contributed by atoms with Crippen molar-refractivity contribution in [1.82, 2.24) is 10.2 Å². The number of amides is 2. The van der Waals surface area contributed by atoms with Crippen LogP contribution in [0.2, 0.25) is 0 Å². The molecule has 4 nitrogen and oxygen atoms in total. The zero-order chi connectivity index (χ0) is 23.0. The summed E-state index contributed by atoms with van der Waals surface area (Å²) in [6.07, 6.45) is 5.31. The minimum Gasteiger partial charge on any atom is -0.351 e. The molecular formula is C27H29FN2O2S. The van der Waals surface area contributed by atoms with Crippen molar-refractivity contribution < 1.29 is 14.0 Å². The lowest BCUT2D eigenvalue weighted by Gasteiger charge is -2.33. The Hall–Kier alpha value is -2.99. The maximum absolute atomic E-state index is 15.0. The van der Waals surface area contributed by atoms with Crippen molar-refractivity contribution in [3.8, 4) is 0 Å². The van der Waals surface area contributed by atoms with Crippen LogP contribution in [-0.4, -0.2) is 22.8 Å². The smallest absolute Gasteiger partial charge is 0.247 e. The largest absolute Gasteiger partial charge is 0.351 e. The summed E-state index contributed by atoms with van der Waals surface area (Å²) in [5.74, 6) is -1.00. The lowest BCUT2D eigenvalue weighted by Crippen LogP contribution is -2.47. The van der Waals surface area contributed by atoms with Crippen molar-refractivity contribution >= 4 is 23.2 Å². The van der Waals surface area contributed by atoms with E-state index in [1.165, 1.54) is 28.7 Å². The van der Waals surface area contributed by atoms with Gasteiger partial charge in [-0.25, -0.2) is 4.39 Å². The second-order valence-electron chi connectivity index (χ2n) is 8.53. The second-order valence-corrected chi connectivity index (χ2v) is 9.56. The average Bonchev–Trinajstić information content (AvgIpc) is 3.34. The van der Waals surface area contributed by atoms with Crippen molar-refractivity contribution in [3.05, 3.63) is 93.9 Å². The summed E-state index contributed by atoms with van der Waals surface area (Å²) in [4.78, 5) is 29.6. The number of hydrogen-bond acceptors (Lipinski definition) is 3. The third-order valence-corrected chi connectivity index (χ3v) is 7.01. The van der Waals surface area contributed by atoms with Crippen LogP contribution < -0.4 is 5.32 Å². The third kappa shape index (κ3) is 6.08. The molecule has 1 fully saturated rings. The van der Waals surface area contributed by atoms with Gasteiger partial charge in [-0.2, -0.15) is 0 Å². The molecule has 1 saturated carbocycles. The molecule has 3 aromatic rings. The summed E-state index contributed by atoms with van der Waals surface area (Å²) < 4.78 is 15.0. The van der Waals surface area contributed by atoms with E-state index >= 15 is 4.39 Å². The molecule has 4 rings (SSSR count). The molecule has 172 valence electrons. The van der Waals surface area contributed by atoms with Crippen LogP contribution in [0.5, 0.6) is 0 Å². The van der Waals surface area contributed by atoms with Crippen molar-refractivity contribution in [2.75, 3.05) is 0 Å². The minimum atomic E-state index is -1.04. The van der Waals surface area contributed by atoms with Gasteiger partial charge in [0.05, 0.1) is 6.42 Å². The zero-order valence-corrected chi connectivity index (χ0v) is 19.4. The van der Waals surface area contributed by atoms with E-state index in [1.54, 1.807) is 18.2 Å². The van der Waals surface area contributed by atoms with E-state index in [0.717, 1.165) is 36.1 Å². The number of carbonyl (C=O) groups excluding carboxylic acids is 2. The predicted octanol–water partition coefficient (Wildman–Crippen LogP) is 5.65. The number of benzene rings is 2. The Balaban J connectivity index is 1.69. The molecule has 2 amide bonds. The molecule has 1 aromatic heterocycles. The summed E-state index contributed by atoms with van der Waals surface area (Å²) in [5, 5.41) is 5.05. The van der Waals surface area contributed by atoms with Crippen molar-refractivity contribution in [2.45, 2.75) is 57.2 Å². The first-order valence-corrected chi connectivity index (χ1v) is 12.4. The molecule has 0 saturated heterocycles. The summed E-state index contributed by atoms with van der Waals surface area (Å²) in [6.45, 7) is 0.224. The number of nitrogens with one attached hydrogen (secondary N) is 1. The molecule has 2 aromatic carbocycles. The number of hydrogen-bond donors (Lipinski definition) is 1. The summed E-state index contributed by atoms with van der Waals surface area (Å²) >= 11 is 1.50. The van der Waals surface area contributed by atoms with Crippen molar-refractivity contribution in [3.63, 3.8) is 0 Å². The van der Waals surface area contributed by atoms with Gasteiger partial charge in [0.15, 0.2) is 0 Å². The molecule has 6 heteroatoms. The molecule has 1 N–H and O–H groups in total. The van der Waals surface area contributed by atoms with Crippen LogP contribution in [0.15, 0.2) is 72.1 Å². The van der Waals surface area contributed by atoms with Gasteiger partial charge in [-0.05, 0) is 35.9 Å². The highest BCUT2D eigenvalue weighted by Gasteiger charge is 2.34. The Labute approximate surface area is 198 Å². The molecule has 33 heavy (non-hydrogen) atoms. The third-order valence-electron chi connectivity index (χ3n) is 6.13. The standard InChI is InChI=1S/C27H29FN2O2S/c28-24-16-8-7-15-23(24)26(27(32)29-21-12-5-2-6-13-21)30(19-20-10-3-1-4-11-20)25(31)18-22-14-9-17-33-22/h1,3-4,7-11,14-17,21,26H,2,5-6,12-13,18-19H2,(H,29,32)/t26-/m0/s1. The summed E-state index contributed by atoms with van der Waals surface area (Å²) in [7, 11) is 0. The molecule has 1 aliphatic carbocycles. The lowest BCUT2D eigenvalue weighted by molar-refractivity contribution is -0.141. The molecule has 1 atom stereocenters. The van der Waals surface area contributed by atoms with Crippen LogP contribution in [0, 0.1) is 5.82 Å². The molecule has 0 aliphatic heterocycles. The van der Waals surface area contributed by atoms with Gasteiger partial charge in [0.2, 0.25) is 11.8 Å². The molecule has 0 radical (unpaired) electrons. The van der Waals surface area contributed by atoms with E-state index in [-0.39, 0.29) is 36.4 Å². The Morgan fingerprint density at radius 3 is 2.39 bits per heavy atom. The molecule has 1 heterocycles. The van der Waals surface area contributed by atoms with Gasteiger partial charge in [0.1, 0.15) is 11.9 Å². The van der Waals surface area contributed by atoms with Gasteiger partial charge in [0.25, 0.3) is 0 Å². The normalized spacial score (nSPS) is 15.1. The van der Waals surface area contributed by atoms with E-state index in [1.807, 2.05) is 47.8 Å². The van der Waals surface area contributed by atoms with Crippen LogP contribution in [0.4, 0.5) is 4.39 Å². The number of halogens is 1. The number of thiophene rings is 1. The van der Waals surface area contributed by atoms with Crippen molar-refractivity contribution in [1.29, 1.82) is 0 Å². The zero-order valence-electron chi connectivity index (χ0n) is 18.6. The highest BCUT2D eigenvalue weighted by Crippen LogP contribution is 2.28. The van der Waals surface area contributed by atoms with Crippen LogP contribution in [-0.2, 0) is 22.6 Å². The number of nitrogens with zero attached hydrogens (tertiary/aromatic N) is 1. The van der Waals surface area contributed by atoms with E-state index < -0.39 is 11.9 Å². The minimum absolute atomic E-state index is 0.0616. The maximum atomic E-state index is 15.0. The van der Waals surface area contributed by atoms with Crippen LogP contribution in [0.3, 0.4) is 0 Å².